The topological polar surface area (TPSA) is 79.2 Å². The zero-order valence-electron chi connectivity index (χ0n) is 13.6. The van der Waals surface area contributed by atoms with Crippen molar-refractivity contribution in [2.45, 2.75) is 32.9 Å². The number of amides is 2. The molecule has 1 atom stereocenters. The minimum absolute atomic E-state index is 0.251. The highest BCUT2D eigenvalue weighted by Gasteiger charge is 2.09. The Morgan fingerprint density at radius 1 is 1.30 bits per heavy atom. The number of nitrogens with one attached hydrogen (secondary N) is 2. The van der Waals surface area contributed by atoms with Crippen LogP contribution in [-0.4, -0.2) is 33.6 Å². The van der Waals surface area contributed by atoms with Crippen LogP contribution in [0.4, 0.5) is 10.5 Å². The minimum atomic E-state index is -0.516. The number of urea groups is 1. The van der Waals surface area contributed by atoms with Gasteiger partial charge in [0.15, 0.2) is 0 Å². The molecular formula is C17H24N4O2. The van der Waals surface area contributed by atoms with Crippen LogP contribution in [0.25, 0.3) is 0 Å². The number of nitrogens with zero attached hydrogens (tertiary/aromatic N) is 2. The number of rotatable bonds is 7. The zero-order valence-corrected chi connectivity index (χ0v) is 13.6. The highest BCUT2D eigenvalue weighted by Crippen LogP contribution is 2.10. The third-order valence-corrected chi connectivity index (χ3v) is 3.36. The molecule has 0 radical (unpaired) electrons. The monoisotopic (exact) mass is 316 g/mol. The number of carbonyl (C=O) groups excluding carboxylic acids is 1. The van der Waals surface area contributed by atoms with E-state index in [-0.39, 0.29) is 12.6 Å². The highest BCUT2D eigenvalue weighted by molar-refractivity contribution is 5.89. The van der Waals surface area contributed by atoms with E-state index in [1.54, 1.807) is 6.20 Å². The van der Waals surface area contributed by atoms with Crippen molar-refractivity contribution in [1.82, 2.24) is 15.1 Å². The molecule has 0 aliphatic heterocycles. The quantitative estimate of drug-likeness (QED) is 0.734. The Balaban J connectivity index is 1.77. The van der Waals surface area contributed by atoms with Crippen LogP contribution in [0.5, 0.6) is 0 Å². The number of benzene rings is 1. The van der Waals surface area contributed by atoms with E-state index in [2.05, 4.69) is 15.7 Å². The Morgan fingerprint density at radius 3 is 2.65 bits per heavy atom. The van der Waals surface area contributed by atoms with Crippen LogP contribution in [0.3, 0.4) is 0 Å². The summed E-state index contributed by atoms with van der Waals surface area (Å²) in [5.74, 6) is 0.400. The van der Waals surface area contributed by atoms with Crippen LogP contribution in [0, 0.1) is 5.92 Å². The van der Waals surface area contributed by atoms with Crippen molar-refractivity contribution in [3.63, 3.8) is 0 Å². The van der Waals surface area contributed by atoms with Crippen molar-refractivity contribution >= 4 is 11.7 Å². The molecule has 124 valence electrons. The molecule has 2 aromatic rings. The molecule has 0 spiro atoms. The van der Waals surface area contributed by atoms with Crippen molar-refractivity contribution < 1.29 is 9.90 Å². The Bertz CT molecular complexity index is 594. The number of aromatic nitrogens is 2. The molecule has 2 amide bonds. The molecule has 1 heterocycles. The van der Waals surface area contributed by atoms with Crippen molar-refractivity contribution in [3.8, 4) is 0 Å². The normalized spacial score (nSPS) is 12.2. The van der Waals surface area contributed by atoms with E-state index in [0.717, 1.165) is 5.56 Å². The molecule has 1 unspecified atom stereocenters. The van der Waals surface area contributed by atoms with E-state index in [1.165, 1.54) is 0 Å². The molecule has 0 saturated heterocycles. The first-order chi connectivity index (χ1) is 11.0. The molecule has 0 bridgehead atoms. The van der Waals surface area contributed by atoms with Crippen molar-refractivity contribution in [3.05, 3.63) is 48.3 Å². The second-order valence-corrected chi connectivity index (χ2v) is 6.02. The van der Waals surface area contributed by atoms with E-state index in [4.69, 9.17) is 0 Å². The molecular weight excluding hydrogens is 292 g/mol. The van der Waals surface area contributed by atoms with Crippen LogP contribution >= 0.6 is 0 Å². The average molecular weight is 316 g/mol. The SMILES string of the molecule is CC(C)CC(O)CNC(=O)Nc1ccc(Cn2cccn2)cc1. The van der Waals surface area contributed by atoms with E-state index in [1.807, 2.05) is 55.1 Å². The van der Waals surface area contributed by atoms with E-state index >= 15 is 0 Å². The lowest BCUT2D eigenvalue weighted by atomic mass is 10.1. The number of aliphatic hydroxyl groups is 1. The molecule has 0 fully saturated rings. The summed E-state index contributed by atoms with van der Waals surface area (Å²) in [7, 11) is 0. The van der Waals surface area contributed by atoms with Gasteiger partial charge in [-0.05, 0) is 36.1 Å². The fourth-order valence-electron chi connectivity index (χ4n) is 2.29. The molecule has 1 aromatic heterocycles. The van der Waals surface area contributed by atoms with Gasteiger partial charge in [-0.15, -0.1) is 0 Å². The largest absolute Gasteiger partial charge is 0.391 e. The van der Waals surface area contributed by atoms with Crippen LogP contribution in [0.1, 0.15) is 25.8 Å². The van der Waals surface area contributed by atoms with Gasteiger partial charge in [0.25, 0.3) is 0 Å². The summed E-state index contributed by atoms with van der Waals surface area (Å²) in [4.78, 5) is 11.8. The average Bonchev–Trinajstić information content (AvgIpc) is 2.99. The predicted octanol–water partition coefficient (Wildman–Crippen LogP) is 2.46. The summed E-state index contributed by atoms with van der Waals surface area (Å²) in [6, 6.07) is 9.17. The summed E-state index contributed by atoms with van der Waals surface area (Å²) < 4.78 is 1.84. The van der Waals surface area contributed by atoms with Crippen molar-refractivity contribution in [1.29, 1.82) is 0 Å². The van der Waals surface area contributed by atoms with E-state index in [0.29, 0.717) is 24.6 Å². The predicted molar refractivity (Wildman–Crippen MR) is 90.3 cm³/mol. The summed E-state index contributed by atoms with van der Waals surface area (Å²) in [5, 5.41) is 19.3. The zero-order chi connectivity index (χ0) is 16.7. The van der Waals surface area contributed by atoms with Crippen LogP contribution in [0.2, 0.25) is 0 Å². The molecule has 1 aromatic carbocycles. The summed E-state index contributed by atoms with van der Waals surface area (Å²) in [6.45, 7) is 5.02. The number of carbonyl (C=O) groups is 1. The lowest BCUT2D eigenvalue weighted by Gasteiger charge is -2.14. The van der Waals surface area contributed by atoms with Crippen molar-refractivity contribution in [2.24, 2.45) is 5.92 Å². The van der Waals surface area contributed by atoms with Gasteiger partial charge < -0.3 is 15.7 Å². The number of aliphatic hydroxyl groups excluding tert-OH is 1. The minimum Gasteiger partial charge on any atom is -0.391 e. The molecule has 6 heteroatoms. The lowest BCUT2D eigenvalue weighted by molar-refractivity contribution is 0.148. The van der Waals surface area contributed by atoms with Gasteiger partial charge in [0.2, 0.25) is 0 Å². The maximum Gasteiger partial charge on any atom is 0.319 e. The fourth-order valence-corrected chi connectivity index (χ4v) is 2.29. The van der Waals surface area contributed by atoms with Gasteiger partial charge in [0, 0.05) is 24.6 Å². The fraction of sp³-hybridized carbons (Fsp3) is 0.412. The van der Waals surface area contributed by atoms with Gasteiger partial charge >= 0.3 is 6.03 Å². The van der Waals surface area contributed by atoms with Gasteiger partial charge in [-0.25, -0.2) is 4.79 Å². The Labute approximate surface area is 136 Å². The molecule has 3 N–H and O–H groups in total. The van der Waals surface area contributed by atoms with Crippen LogP contribution < -0.4 is 10.6 Å². The summed E-state index contributed by atoms with van der Waals surface area (Å²) in [5.41, 5.74) is 1.82. The first-order valence-electron chi connectivity index (χ1n) is 7.82. The summed E-state index contributed by atoms with van der Waals surface area (Å²) in [6.07, 6.45) is 3.80. The molecule has 0 saturated carbocycles. The van der Waals surface area contributed by atoms with Gasteiger partial charge in [-0.1, -0.05) is 26.0 Å². The van der Waals surface area contributed by atoms with Gasteiger partial charge in [0.05, 0.1) is 12.6 Å². The molecule has 2 rings (SSSR count). The number of hydrogen-bond acceptors (Lipinski definition) is 3. The molecule has 23 heavy (non-hydrogen) atoms. The third kappa shape index (κ3) is 6.12. The second kappa shape index (κ2) is 8.33. The van der Waals surface area contributed by atoms with Gasteiger partial charge in [-0.2, -0.15) is 5.10 Å². The van der Waals surface area contributed by atoms with E-state index < -0.39 is 6.10 Å². The Morgan fingerprint density at radius 2 is 2.04 bits per heavy atom. The standard InChI is InChI=1S/C17H24N4O2/c1-13(2)10-16(22)11-18-17(23)20-15-6-4-14(5-7-15)12-21-9-3-8-19-21/h3-9,13,16,22H,10-12H2,1-2H3,(H2,18,20,23). The van der Waals surface area contributed by atoms with Gasteiger partial charge in [0.1, 0.15) is 0 Å². The highest BCUT2D eigenvalue weighted by atomic mass is 16.3. The lowest BCUT2D eigenvalue weighted by Crippen LogP contribution is -2.35. The van der Waals surface area contributed by atoms with Crippen molar-refractivity contribution in [2.75, 3.05) is 11.9 Å². The molecule has 0 aliphatic rings. The first-order valence-corrected chi connectivity index (χ1v) is 7.82. The maximum absolute atomic E-state index is 11.8. The summed E-state index contributed by atoms with van der Waals surface area (Å²) >= 11 is 0. The van der Waals surface area contributed by atoms with Gasteiger partial charge in [-0.3, -0.25) is 4.68 Å². The third-order valence-electron chi connectivity index (χ3n) is 3.36. The van der Waals surface area contributed by atoms with Crippen LogP contribution in [-0.2, 0) is 6.54 Å². The Hall–Kier alpha value is -2.34. The number of anilines is 1. The first kappa shape index (κ1) is 17.0. The molecule has 0 aliphatic carbocycles. The smallest absolute Gasteiger partial charge is 0.319 e. The Kier molecular flexibility index (Phi) is 6.17. The second-order valence-electron chi connectivity index (χ2n) is 6.02. The molecule has 6 nitrogen and oxygen atoms in total. The van der Waals surface area contributed by atoms with E-state index in [9.17, 15) is 9.90 Å². The van der Waals surface area contributed by atoms with Crippen LogP contribution in [0.15, 0.2) is 42.7 Å². The number of hydrogen-bond donors (Lipinski definition) is 3. The maximum atomic E-state index is 11.8.